The fraction of sp³-hybridized carbons (Fsp3) is 0.296. The van der Waals surface area contributed by atoms with Crippen LogP contribution in [0.5, 0.6) is 0 Å². The number of nitrogens with zero attached hydrogens (tertiary/aromatic N) is 4. The van der Waals surface area contributed by atoms with Crippen LogP contribution in [0.25, 0.3) is 21.5 Å². The second-order valence-electron chi connectivity index (χ2n) is 8.96. The van der Waals surface area contributed by atoms with Crippen LogP contribution in [0.1, 0.15) is 41.4 Å². The zero-order valence-corrected chi connectivity index (χ0v) is 20.8. The Morgan fingerprint density at radius 3 is 2.78 bits per heavy atom. The maximum Gasteiger partial charge on any atom is 0.273 e. The standard InChI is InChI=1S/C27H28FN5O2S/c1-2-33-16-24(26(35)31-29-14-18-3-6-20(28)7-4-18)23-13-19(5-8-25(23)33)27-30-21(17-36-27)15-32-11-9-22(34)10-12-32/h3-8,13-14,16-17,22,34H,2,9-12,15H2,1H3,(H,31,35)/b29-14+. The number of aliphatic hydroxyl groups excluding tert-OH is 1. The van der Waals surface area contributed by atoms with Gasteiger partial charge in [-0.1, -0.05) is 12.1 Å². The van der Waals surface area contributed by atoms with Gasteiger partial charge in [0.2, 0.25) is 0 Å². The summed E-state index contributed by atoms with van der Waals surface area (Å²) in [6.45, 7) is 5.30. The minimum atomic E-state index is -0.321. The van der Waals surface area contributed by atoms with Crippen LogP contribution < -0.4 is 5.43 Å². The molecule has 0 saturated carbocycles. The molecule has 1 aliphatic rings. The molecule has 1 amide bonds. The topological polar surface area (TPSA) is 82.8 Å². The van der Waals surface area contributed by atoms with Crippen LogP contribution in [-0.2, 0) is 13.1 Å². The number of hydrogen-bond acceptors (Lipinski definition) is 6. The second-order valence-corrected chi connectivity index (χ2v) is 9.82. The van der Waals surface area contributed by atoms with Gasteiger partial charge in [-0.05, 0) is 55.7 Å². The third-order valence-corrected chi connectivity index (χ3v) is 7.40. The van der Waals surface area contributed by atoms with Crippen LogP contribution in [0.4, 0.5) is 4.39 Å². The van der Waals surface area contributed by atoms with E-state index in [1.165, 1.54) is 18.3 Å². The van der Waals surface area contributed by atoms with Gasteiger partial charge in [0.15, 0.2) is 0 Å². The highest BCUT2D eigenvalue weighted by Gasteiger charge is 2.19. The van der Waals surface area contributed by atoms with Crippen LogP contribution in [-0.4, -0.2) is 50.9 Å². The molecule has 3 heterocycles. The van der Waals surface area contributed by atoms with Crippen molar-refractivity contribution in [3.63, 3.8) is 0 Å². The van der Waals surface area contributed by atoms with E-state index in [2.05, 4.69) is 20.8 Å². The molecule has 2 N–H and O–H groups in total. The molecule has 0 unspecified atom stereocenters. The minimum absolute atomic E-state index is 0.186. The fourth-order valence-corrected chi connectivity index (χ4v) is 5.27. The maximum atomic E-state index is 13.1. The number of rotatable bonds is 7. The molecule has 5 rings (SSSR count). The molecule has 1 aliphatic heterocycles. The normalized spacial score (nSPS) is 15.2. The van der Waals surface area contributed by atoms with Gasteiger partial charge in [-0.2, -0.15) is 5.10 Å². The predicted molar refractivity (Wildman–Crippen MR) is 141 cm³/mol. The summed E-state index contributed by atoms with van der Waals surface area (Å²) in [5, 5.41) is 17.6. The SMILES string of the molecule is CCn1cc(C(=O)N/N=C/c2ccc(F)cc2)c2cc(-c3nc(CN4CCC(O)CC4)cs3)ccc21. The van der Waals surface area contributed by atoms with Gasteiger partial charge >= 0.3 is 0 Å². The number of benzene rings is 2. The number of fused-ring (bicyclic) bond motifs is 1. The van der Waals surface area contributed by atoms with E-state index in [1.807, 2.05) is 35.9 Å². The number of carbonyl (C=O) groups excluding carboxylic acids is 1. The summed E-state index contributed by atoms with van der Waals surface area (Å²) < 4.78 is 15.1. The van der Waals surface area contributed by atoms with Gasteiger partial charge in [-0.3, -0.25) is 9.69 Å². The highest BCUT2D eigenvalue weighted by Crippen LogP contribution is 2.30. The maximum absolute atomic E-state index is 13.1. The summed E-state index contributed by atoms with van der Waals surface area (Å²) in [5.41, 5.74) is 6.77. The number of halogens is 1. The summed E-state index contributed by atoms with van der Waals surface area (Å²) in [6, 6.07) is 12.0. The molecule has 0 radical (unpaired) electrons. The molecule has 0 aliphatic carbocycles. The molecule has 186 valence electrons. The Kier molecular flexibility index (Phi) is 7.22. The van der Waals surface area contributed by atoms with Gasteiger partial charge in [0, 0.05) is 54.2 Å². The van der Waals surface area contributed by atoms with Crippen LogP contribution in [0.2, 0.25) is 0 Å². The molecular formula is C27H28FN5O2S. The van der Waals surface area contributed by atoms with Gasteiger partial charge in [0.25, 0.3) is 5.91 Å². The summed E-state index contributed by atoms with van der Waals surface area (Å²) in [7, 11) is 0. The van der Waals surface area contributed by atoms with Crippen molar-refractivity contribution in [3.05, 3.63) is 76.7 Å². The number of aliphatic hydroxyl groups is 1. The molecule has 1 fully saturated rings. The number of aryl methyl sites for hydroxylation is 1. The first-order valence-corrected chi connectivity index (χ1v) is 12.9. The smallest absolute Gasteiger partial charge is 0.273 e. The van der Waals surface area contributed by atoms with E-state index in [4.69, 9.17) is 4.98 Å². The third kappa shape index (κ3) is 5.38. The monoisotopic (exact) mass is 505 g/mol. The Labute approximate surface area is 212 Å². The number of nitrogens with one attached hydrogen (secondary N) is 1. The summed E-state index contributed by atoms with van der Waals surface area (Å²) >= 11 is 1.59. The Morgan fingerprint density at radius 2 is 2.03 bits per heavy atom. The number of hydrogen-bond donors (Lipinski definition) is 2. The summed E-state index contributed by atoms with van der Waals surface area (Å²) in [6.07, 6.45) is 4.76. The largest absolute Gasteiger partial charge is 0.393 e. The van der Waals surface area contributed by atoms with Crippen molar-refractivity contribution >= 4 is 34.4 Å². The van der Waals surface area contributed by atoms with Crippen LogP contribution in [0, 0.1) is 5.82 Å². The van der Waals surface area contributed by atoms with Crippen molar-refractivity contribution < 1.29 is 14.3 Å². The Balaban J connectivity index is 1.35. The van der Waals surface area contributed by atoms with Crippen molar-refractivity contribution in [2.45, 2.75) is 39.0 Å². The van der Waals surface area contributed by atoms with Gasteiger partial charge in [0.1, 0.15) is 10.8 Å². The van der Waals surface area contributed by atoms with Crippen molar-refractivity contribution in [2.75, 3.05) is 13.1 Å². The van der Waals surface area contributed by atoms with Gasteiger partial charge in [-0.15, -0.1) is 11.3 Å². The number of thiazole rings is 1. The van der Waals surface area contributed by atoms with Crippen molar-refractivity contribution in [3.8, 4) is 10.6 Å². The highest BCUT2D eigenvalue weighted by atomic mass is 32.1. The Morgan fingerprint density at radius 1 is 1.25 bits per heavy atom. The van der Waals surface area contributed by atoms with E-state index in [9.17, 15) is 14.3 Å². The first-order valence-electron chi connectivity index (χ1n) is 12.1. The quantitative estimate of drug-likeness (QED) is 0.283. The minimum Gasteiger partial charge on any atom is -0.393 e. The van der Waals surface area contributed by atoms with E-state index in [0.29, 0.717) is 11.1 Å². The molecule has 0 bridgehead atoms. The second kappa shape index (κ2) is 10.7. The lowest BCUT2D eigenvalue weighted by Crippen LogP contribution is -2.35. The van der Waals surface area contributed by atoms with Crippen molar-refractivity contribution in [2.24, 2.45) is 5.10 Å². The first-order chi connectivity index (χ1) is 17.5. The van der Waals surface area contributed by atoms with Gasteiger partial charge in [-0.25, -0.2) is 14.8 Å². The van der Waals surface area contributed by atoms with E-state index >= 15 is 0 Å². The summed E-state index contributed by atoms with van der Waals surface area (Å²) in [5.74, 6) is -0.632. The molecule has 0 spiro atoms. The lowest BCUT2D eigenvalue weighted by molar-refractivity contribution is 0.0787. The van der Waals surface area contributed by atoms with Crippen LogP contribution in [0.15, 0.2) is 59.1 Å². The number of amides is 1. The molecule has 9 heteroatoms. The molecule has 2 aromatic carbocycles. The van der Waals surface area contributed by atoms with Crippen LogP contribution in [0.3, 0.4) is 0 Å². The number of piperidine rings is 1. The Bertz CT molecular complexity index is 1390. The molecule has 4 aromatic rings. The van der Waals surface area contributed by atoms with Crippen molar-refractivity contribution in [1.82, 2.24) is 19.9 Å². The average molecular weight is 506 g/mol. The zero-order valence-electron chi connectivity index (χ0n) is 20.0. The lowest BCUT2D eigenvalue weighted by Gasteiger charge is -2.28. The number of hydrazone groups is 1. The van der Waals surface area contributed by atoms with E-state index in [1.54, 1.807) is 23.5 Å². The predicted octanol–water partition coefficient (Wildman–Crippen LogP) is 4.64. The number of likely N-dealkylation sites (tertiary alicyclic amines) is 1. The molecular weight excluding hydrogens is 477 g/mol. The average Bonchev–Trinajstić information content (AvgIpc) is 3.51. The van der Waals surface area contributed by atoms with E-state index in [0.717, 1.165) is 66.2 Å². The number of carbonyl (C=O) groups is 1. The molecule has 36 heavy (non-hydrogen) atoms. The third-order valence-electron chi connectivity index (χ3n) is 6.46. The van der Waals surface area contributed by atoms with Crippen LogP contribution >= 0.6 is 11.3 Å². The molecule has 1 saturated heterocycles. The summed E-state index contributed by atoms with van der Waals surface area (Å²) in [4.78, 5) is 20.2. The van der Waals surface area contributed by atoms with E-state index in [-0.39, 0.29) is 17.8 Å². The van der Waals surface area contributed by atoms with Crippen molar-refractivity contribution in [1.29, 1.82) is 0 Å². The number of aromatic nitrogens is 2. The highest BCUT2D eigenvalue weighted by molar-refractivity contribution is 7.13. The molecule has 7 nitrogen and oxygen atoms in total. The zero-order chi connectivity index (χ0) is 25.1. The van der Waals surface area contributed by atoms with E-state index < -0.39 is 0 Å². The van der Waals surface area contributed by atoms with Gasteiger partial charge in [0.05, 0.1) is 23.6 Å². The first kappa shape index (κ1) is 24.3. The molecule has 2 aromatic heterocycles. The van der Waals surface area contributed by atoms with Gasteiger partial charge < -0.3 is 9.67 Å². The Hall–Kier alpha value is -3.40. The fourth-order valence-electron chi connectivity index (χ4n) is 4.47. The molecule has 0 atom stereocenters. The lowest BCUT2D eigenvalue weighted by atomic mass is 10.1.